The third kappa shape index (κ3) is 3.02. The van der Waals surface area contributed by atoms with Gasteiger partial charge in [-0.05, 0) is 32.4 Å². The molecular formula is C13H18N2O2S. The van der Waals surface area contributed by atoms with Gasteiger partial charge in [-0.15, -0.1) is 11.3 Å². The highest BCUT2D eigenvalue weighted by atomic mass is 32.1. The Morgan fingerprint density at radius 1 is 1.61 bits per heavy atom. The third-order valence-corrected chi connectivity index (χ3v) is 4.00. The average Bonchev–Trinajstić information content (AvgIpc) is 2.75. The van der Waals surface area contributed by atoms with E-state index in [2.05, 4.69) is 24.8 Å². The van der Waals surface area contributed by atoms with E-state index in [1.54, 1.807) is 0 Å². The van der Waals surface area contributed by atoms with Crippen LogP contribution >= 0.6 is 11.3 Å². The highest BCUT2D eigenvalue weighted by Crippen LogP contribution is 2.31. The second-order valence-electron chi connectivity index (χ2n) is 5.14. The van der Waals surface area contributed by atoms with Crippen LogP contribution in [0.25, 0.3) is 0 Å². The van der Waals surface area contributed by atoms with Crippen molar-refractivity contribution < 1.29 is 9.84 Å². The van der Waals surface area contributed by atoms with E-state index < -0.39 is 0 Å². The van der Waals surface area contributed by atoms with Crippen LogP contribution in [0.3, 0.4) is 0 Å². The van der Waals surface area contributed by atoms with E-state index in [-0.39, 0.29) is 18.3 Å². The molecule has 0 radical (unpaired) electrons. The number of anilines is 1. The molecule has 0 saturated carbocycles. The standard InChI is InChI=1S/C13H18N2O2S/c1-13(2)9-15(8-10(17-13)5-6-16)12-4-3-11(7-14)18-12/h3-4,10,16H,5-6,8-9H2,1-2H3. The molecule has 1 fully saturated rings. The van der Waals surface area contributed by atoms with E-state index in [0.717, 1.165) is 23.0 Å². The van der Waals surface area contributed by atoms with Crippen molar-refractivity contribution >= 4 is 16.3 Å². The van der Waals surface area contributed by atoms with E-state index in [1.807, 2.05) is 12.1 Å². The summed E-state index contributed by atoms with van der Waals surface area (Å²) in [6, 6.07) is 6.00. The van der Waals surface area contributed by atoms with Crippen molar-refractivity contribution in [2.24, 2.45) is 0 Å². The molecular weight excluding hydrogens is 248 g/mol. The van der Waals surface area contributed by atoms with Gasteiger partial charge in [0.25, 0.3) is 0 Å². The van der Waals surface area contributed by atoms with Gasteiger partial charge in [-0.1, -0.05) is 0 Å². The highest BCUT2D eigenvalue weighted by molar-refractivity contribution is 7.16. The van der Waals surface area contributed by atoms with Gasteiger partial charge in [-0.25, -0.2) is 0 Å². The van der Waals surface area contributed by atoms with E-state index in [9.17, 15) is 0 Å². The molecule has 1 atom stereocenters. The number of ether oxygens (including phenoxy) is 1. The Labute approximate surface area is 111 Å². The third-order valence-electron chi connectivity index (χ3n) is 2.95. The summed E-state index contributed by atoms with van der Waals surface area (Å²) in [5, 5.41) is 19.0. The molecule has 0 bridgehead atoms. The van der Waals surface area contributed by atoms with E-state index in [4.69, 9.17) is 15.1 Å². The molecule has 0 aliphatic carbocycles. The van der Waals surface area contributed by atoms with Crippen LogP contribution in [0.2, 0.25) is 0 Å². The lowest BCUT2D eigenvalue weighted by Crippen LogP contribution is -2.52. The van der Waals surface area contributed by atoms with Crippen molar-refractivity contribution in [2.45, 2.75) is 32.0 Å². The molecule has 1 N–H and O–H groups in total. The Hall–Kier alpha value is -1.09. The molecule has 18 heavy (non-hydrogen) atoms. The van der Waals surface area contributed by atoms with E-state index in [0.29, 0.717) is 6.42 Å². The molecule has 5 heteroatoms. The van der Waals surface area contributed by atoms with Crippen molar-refractivity contribution in [3.63, 3.8) is 0 Å². The summed E-state index contributed by atoms with van der Waals surface area (Å²) in [4.78, 5) is 2.98. The van der Waals surface area contributed by atoms with Gasteiger partial charge in [0.1, 0.15) is 10.9 Å². The molecule has 98 valence electrons. The van der Waals surface area contributed by atoms with Crippen molar-refractivity contribution in [3.8, 4) is 6.07 Å². The maximum absolute atomic E-state index is 9.05. The molecule has 1 aliphatic rings. The summed E-state index contributed by atoms with van der Waals surface area (Å²) in [5.74, 6) is 0. The van der Waals surface area contributed by atoms with E-state index in [1.165, 1.54) is 11.3 Å². The van der Waals surface area contributed by atoms with Gasteiger partial charge in [0, 0.05) is 19.7 Å². The van der Waals surface area contributed by atoms with Crippen LogP contribution in [0, 0.1) is 11.3 Å². The number of aliphatic hydroxyl groups is 1. The Morgan fingerprint density at radius 2 is 2.39 bits per heavy atom. The lowest BCUT2D eigenvalue weighted by atomic mass is 10.0. The fourth-order valence-electron chi connectivity index (χ4n) is 2.32. The lowest BCUT2D eigenvalue weighted by molar-refractivity contribution is -0.0897. The first-order chi connectivity index (χ1) is 8.54. The fraction of sp³-hybridized carbons (Fsp3) is 0.615. The Balaban J connectivity index is 2.14. The molecule has 1 aliphatic heterocycles. The molecule has 1 aromatic heterocycles. The van der Waals surface area contributed by atoms with Crippen LogP contribution in [-0.4, -0.2) is 36.5 Å². The summed E-state index contributed by atoms with van der Waals surface area (Å²) < 4.78 is 5.94. The molecule has 0 spiro atoms. The zero-order valence-electron chi connectivity index (χ0n) is 10.7. The summed E-state index contributed by atoms with van der Waals surface area (Å²) >= 11 is 1.51. The van der Waals surface area contributed by atoms with E-state index >= 15 is 0 Å². The van der Waals surface area contributed by atoms with Gasteiger partial charge in [0.15, 0.2) is 0 Å². The van der Waals surface area contributed by atoms with Crippen molar-refractivity contribution in [1.29, 1.82) is 5.26 Å². The Bertz CT molecular complexity index is 450. The van der Waals surface area contributed by atoms with Crippen LogP contribution < -0.4 is 4.90 Å². The van der Waals surface area contributed by atoms with Gasteiger partial charge >= 0.3 is 0 Å². The van der Waals surface area contributed by atoms with Crippen LogP contribution in [0.4, 0.5) is 5.00 Å². The molecule has 4 nitrogen and oxygen atoms in total. The van der Waals surface area contributed by atoms with Crippen LogP contribution in [0.15, 0.2) is 12.1 Å². The van der Waals surface area contributed by atoms with Crippen molar-refractivity contribution in [2.75, 3.05) is 24.6 Å². The summed E-state index contributed by atoms with van der Waals surface area (Å²) in [7, 11) is 0. The number of morpholine rings is 1. The summed E-state index contributed by atoms with van der Waals surface area (Å²) in [5.41, 5.74) is -0.227. The topological polar surface area (TPSA) is 56.5 Å². The number of nitrogens with zero attached hydrogens (tertiary/aromatic N) is 2. The second-order valence-corrected chi connectivity index (χ2v) is 6.20. The number of aliphatic hydroxyl groups excluding tert-OH is 1. The molecule has 0 amide bonds. The minimum absolute atomic E-state index is 0.0476. The van der Waals surface area contributed by atoms with Crippen molar-refractivity contribution in [1.82, 2.24) is 0 Å². The predicted molar refractivity (Wildman–Crippen MR) is 71.9 cm³/mol. The molecule has 2 rings (SSSR count). The maximum atomic E-state index is 9.05. The first-order valence-corrected chi connectivity index (χ1v) is 6.89. The van der Waals surface area contributed by atoms with Gasteiger partial charge in [-0.3, -0.25) is 0 Å². The lowest BCUT2D eigenvalue weighted by Gasteiger charge is -2.43. The quantitative estimate of drug-likeness (QED) is 0.909. The van der Waals surface area contributed by atoms with Crippen molar-refractivity contribution in [3.05, 3.63) is 17.0 Å². The zero-order valence-corrected chi connectivity index (χ0v) is 11.5. The number of nitriles is 1. The second kappa shape index (κ2) is 5.27. The minimum atomic E-state index is -0.227. The molecule has 1 saturated heterocycles. The maximum Gasteiger partial charge on any atom is 0.110 e. The highest BCUT2D eigenvalue weighted by Gasteiger charge is 2.33. The molecule has 2 heterocycles. The number of hydrogen-bond acceptors (Lipinski definition) is 5. The number of rotatable bonds is 3. The van der Waals surface area contributed by atoms with Gasteiger partial charge in [-0.2, -0.15) is 5.26 Å². The Kier molecular flexibility index (Phi) is 3.91. The van der Waals surface area contributed by atoms with Crippen LogP contribution in [0.1, 0.15) is 25.1 Å². The van der Waals surface area contributed by atoms with Gasteiger partial charge in [0.2, 0.25) is 0 Å². The molecule has 0 aromatic carbocycles. The normalized spacial score (nSPS) is 22.8. The number of thiophene rings is 1. The monoisotopic (exact) mass is 266 g/mol. The van der Waals surface area contributed by atoms with Gasteiger partial charge in [0.05, 0.1) is 16.7 Å². The minimum Gasteiger partial charge on any atom is -0.396 e. The smallest absolute Gasteiger partial charge is 0.110 e. The summed E-state index contributed by atoms with van der Waals surface area (Å²) in [6.45, 7) is 5.84. The van der Waals surface area contributed by atoms with Crippen LogP contribution in [-0.2, 0) is 4.74 Å². The first kappa shape index (κ1) is 13.3. The first-order valence-electron chi connectivity index (χ1n) is 6.07. The fourth-order valence-corrected chi connectivity index (χ4v) is 3.13. The number of hydrogen-bond donors (Lipinski definition) is 1. The average molecular weight is 266 g/mol. The van der Waals surface area contributed by atoms with Crippen LogP contribution in [0.5, 0.6) is 0 Å². The summed E-state index contributed by atoms with van der Waals surface area (Å²) in [6.07, 6.45) is 0.697. The largest absolute Gasteiger partial charge is 0.396 e. The molecule has 1 aromatic rings. The molecule has 1 unspecified atom stereocenters. The predicted octanol–water partition coefficient (Wildman–Crippen LogP) is 1.99. The SMILES string of the molecule is CC1(C)CN(c2ccc(C#N)s2)CC(CCO)O1. The van der Waals surface area contributed by atoms with Gasteiger partial charge < -0.3 is 14.7 Å². The Morgan fingerprint density at radius 3 is 3.00 bits per heavy atom. The zero-order chi connectivity index (χ0) is 13.2.